The highest BCUT2D eigenvalue weighted by Gasteiger charge is 2.17. The molecule has 0 fully saturated rings. The summed E-state index contributed by atoms with van der Waals surface area (Å²) >= 11 is 1.74. The molecule has 1 aromatic heterocycles. The lowest BCUT2D eigenvalue weighted by molar-refractivity contribution is 0.0932. The fourth-order valence-electron chi connectivity index (χ4n) is 6.31. The van der Waals surface area contributed by atoms with Gasteiger partial charge in [-0.3, -0.25) is 4.79 Å². The summed E-state index contributed by atoms with van der Waals surface area (Å²) in [5.74, 6) is 1.50. The minimum Gasteiger partial charge on any atom is -0.477 e. The van der Waals surface area contributed by atoms with Gasteiger partial charge in [-0.05, 0) is 30.7 Å². The summed E-state index contributed by atoms with van der Waals surface area (Å²) in [6.07, 6.45) is 38.0. The Hall–Kier alpha value is -1.75. The molecule has 0 aliphatic carbocycles. The molecule has 47 heavy (non-hydrogen) atoms. The quantitative estimate of drug-likeness (QED) is 0.0561. The molecule has 2 rings (SSSR count). The second-order valence-electron chi connectivity index (χ2n) is 13.8. The van der Waals surface area contributed by atoms with E-state index < -0.39 is 0 Å². The molecule has 4 nitrogen and oxygen atoms in total. The highest BCUT2D eigenvalue weighted by molar-refractivity contribution is 7.99. The Bertz CT molecular complexity index is 976. The molecule has 0 aliphatic rings. The Morgan fingerprint density at radius 3 is 1.43 bits per heavy atom. The number of benzene rings is 1. The van der Waals surface area contributed by atoms with Crippen LogP contribution in [0.4, 0.5) is 0 Å². The van der Waals surface area contributed by atoms with Crippen molar-refractivity contribution < 1.29 is 9.53 Å². The lowest BCUT2D eigenvalue weighted by atomic mass is 10.0. The number of carbonyl (C=O) groups excluding carboxylic acids is 1. The van der Waals surface area contributed by atoms with Crippen LogP contribution in [0.2, 0.25) is 0 Å². The predicted octanol–water partition coefficient (Wildman–Crippen LogP) is 14.0. The zero-order valence-electron chi connectivity index (χ0n) is 30.8. The normalized spacial score (nSPS) is 11.4. The second-order valence-corrected chi connectivity index (χ2v) is 14.9. The number of rotatable bonds is 33. The van der Waals surface area contributed by atoms with Crippen LogP contribution in [-0.4, -0.2) is 28.0 Å². The Kier molecular flexibility index (Phi) is 26.7. The van der Waals surface area contributed by atoms with Crippen molar-refractivity contribution >= 4 is 17.7 Å². The molecule has 0 unspecified atom stereocenters. The summed E-state index contributed by atoms with van der Waals surface area (Å²) in [6.45, 7) is 5.24. The van der Waals surface area contributed by atoms with Crippen molar-refractivity contribution in [3.63, 3.8) is 0 Å². The first-order valence-electron chi connectivity index (χ1n) is 20.2. The maximum atomic E-state index is 13.3. The number of unbranched alkanes of at least 4 members (excludes halogenated alkanes) is 26. The number of nitrogens with zero attached hydrogens (tertiary/aromatic N) is 2. The highest BCUT2D eigenvalue weighted by Crippen LogP contribution is 2.26. The van der Waals surface area contributed by atoms with Crippen LogP contribution in [0.5, 0.6) is 5.88 Å². The molecule has 2 aromatic rings. The first-order valence-corrected chi connectivity index (χ1v) is 21.2. The smallest absolute Gasteiger partial charge is 0.279 e. The average molecular weight is 669 g/mol. The van der Waals surface area contributed by atoms with Gasteiger partial charge in [0.2, 0.25) is 5.88 Å². The number of ether oxygens (including phenoxy) is 1. The molecule has 0 amide bonds. The lowest BCUT2D eigenvalue weighted by Crippen LogP contribution is -2.15. The molecular weight excluding hydrogens is 597 g/mol. The molecular formula is C42H72N2O2S. The Morgan fingerprint density at radius 1 is 0.574 bits per heavy atom. The fraction of sp³-hybridized carbons (Fsp3) is 0.762. The van der Waals surface area contributed by atoms with Crippen molar-refractivity contribution in [1.82, 2.24) is 9.78 Å². The molecule has 1 aromatic carbocycles. The van der Waals surface area contributed by atoms with Gasteiger partial charge >= 0.3 is 0 Å². The van der Waals surface area contributed by atoms with Crippen molar-refractivity contribution in [3.05, 3.63) is 42.0 Å². The highest BCUT2D eigenvalue weighted by atomic mass is 32.2. The number of hydrogen-bond donors (Lipinski definition) is 0. The summed E-state index contributed by atoms with van der Waals surface area (Å²) in [7, 11) is 0. The van der Waals surface area contributed by atoms with E-state index in [-0.39, 0.29) is 5.91 Å². The fourth-order valence-corrected chi connectivity index (χ4v) is 7.30. The first-order chi connectivity index (χ1) is 23.3. The van der Waals surface area contributed by atoms with Gasteiger partial charge in [0.15, 0.2) is 0 Å². The van der Waals surface area contributed by atoms with E-state index in [0.29, 0.717) is 18.1 Å². The second kappa shape index (κ2) is 30.3. The van der Waals surface area contributed by atoms with Crippen LogP contribution in [0.1, 0.15) is 204 Å². The molecule has 0 atom stereocenters. The van der Waals surface area contributed by atoms with Gasteiger partial charge in [-0.15, -0.1) is 16.9 Å². The minimum absolute atomic E-state index is 0.0830. The maximum absolute atomic E-state index is 13.3. The van der Waals surface area contributed by atoms with Crippen molar-refractivity contribution in [1.29, 1.82) is 0 Å². The van der Waals surface area contributed by atoms with E-state index in [1.165, 1.54) is 173 Å². The Labute approximate surface area is 295 Å². The topological polar surface area (TPSA) is 44.1 Å². The molecule has 0 radical (unpaired) electrons. The van der Waals surface area contributed by atoms with E-state index in [1.807, 2.05) is 36.4 Å². The van der Waals surface area contributed by atoms with E-state index >= 15 is 0 Å². The monoisotopic (exact) mass is 669 g/mol. The largest absolute Gasteiger partial charge is 0.477 e. The van der Waals surface area contributed by atoms with E-state index in [2.05, 4.69) is 18.9 Å². The summed E-state index contributed by atoms with van der Waals surface area (Å²) in [6, 6.07) is 11.5. The van der Waals surface area contributed by atoms with E-state index in [1.54, 1.807) is 16.4 Å². The van der Waals surface area contributed by atoms with Crippen molar-refractivity contribution in [2.75, 3.05) is 12.4 Å². The third-order valence-electron chi connectivity index (χ3n) is 9.36. The number of hydrogen-bond acceptors (Lipinski definition) is 4. The summed E-state index contributed by atoms with van der Waals surface area (Å²) in [5.41, 5.74) is 0.660. The third-order valence-corrected chi connectivity index (χ3v) is 10.4. The Morgan fingerprint density at radius 2 is 0.979 bits per heavy atom. The van der Waals surface area contributed by atoms with Gasteiger partial charge in [0.1, 0.15) is 5.03 Å². The lowest BCUT2D eigenvalue weighted by Gasteiger charge is -2.06. The van der Waals surface area contributed by atoms with E-state index in [9.17, 15) is 4.79 Å². The molecule has 0 bridgehead atoms. The number of thioether (sulfide) groups is 1. The van der Waals surface area contributed by atoms with Gasteiger partial charge in [-0.2, -0.15) is 4.68 Å². The third kappa shape index (κ3) is 21.8. The van der Waals surface area contributed by atoms with E-state index in [4.69, 9.17) is 4.74 Å². The van der Waals surface area contributed by atoms with Crippen LogP contribution in [0, 0.1) is 0 Å². The molecule has 1 heterocycles. The standard InChI is InChI=1S/C42H72N2O2S/c1-3-5-7-9-11-13-15-17-19-21-23-25-27-32-36-46-40-38-41(44(43-40)42(45)39-34-30-29-31-35-39)47-37-33-28-26-24-22-20-18-16-14-12-10-8-6-4-2/h29-31,34-35,38H,3-28,32-33,36-37H2,1-2H3. The minimum atomic E-state index is -0.0830. The SMILES string of the molecule is CCCCCCCCCCCCCCCCOc1cc(SCCCCCCCCCCCCCCCC)n(C(=O)c2ccccc2)n1. The van der Waals surface area contributed by atoms with Crippen LogP contribution in [-0.2, 0) is 0 Å². The van der Waals surface area contributed by atoms with Gasteiger partial charge in [0.25, 0.3) is 5.91 Å². The van der Waals surface area contributed by atoms with Crippen molar-refractivity contribution in [3.8, 4) is 5.88 Å². The molecule has 0 saturated heterocycles. The molecule has 0 spiro atoms. The molecule has 268 valence electrons. The zero-order chi connectivity index (χ0) is 33.5. The first kappa shape index (κ1) is 41.4. The Balaban J connectivity index is 1.58. The predicted molar refractivity (Wildman–Crippen MR) is 205 cm³/mol. The summed E-state index contributed by atoms with van der Waals surface area (Å²) in [5, 5.41) is 5.50. The average Bonchev–Trinajstić information content (AvgIpc) is 3.50. The van der Waals surface area contributed by atoms with Crippen LogP contribution in [0.3, 0.4) is 0 Å². The molecule has 0 aliphatic heterocycles. The van der Waals surface area contributed by atoms with Gasteiger partial charge in [0.05, 0.1) is 6.61 Å². The van der Waals surface area contributed by atoms with Crippen LogP contribution in [0.25, 0.3) is 0 Å². The molecule has 0 N–H and O–H groups in total. The van der Waals surface area contributed by atoms with Gasteiger partial charge < -0.3 is 4.74 Å². The van der Waals surface area contributed by atoms with Gasteiger partial charge in [-0.1, -0.05) is 199 Å². The maximum Gasteiger partial charge on any atom is 0.279 e. The molecule has 5 heteroatoms. The zero-order valence-corrected chi connectivity index (χ0v) is 31.6. The van der Waals surface area contributed by atoms with E-state index in [0.717, 1.165) is 17.2 Å². The number of carbonyl (C=O) groups is 1. The molecule has 0 saturated carbocycles. The summed E-state index contributed by atoms with van der Waals surface area (Å²) in [4.78, 5) is 13.3. The van der Waals surface area contributed by atoms with Crippen LogP contribution >= 0.6 is 11.8 Å². The van der Waals surface area contributed by atoms with Crippen LogP contribution in [0.15, 0.2) is 41.4 Å². The van der Waals surface area contributed by atoms with Crippen LogP contribution < -0.4 is 4.74 Å². The van der Waals surface area contributed by atoms with Crippen molar-refractivity contribution in [2.45, 2.75) is 199 Å². The van der Waals surface area contributed by atoms with Gasteiger partial charge in [0, 0.05) is 11.6 Å². The number of aromatic nitrogens is 2. The van der Waals surface area contributed by atoms with Gasteiger partial charge in [-0.25, -0.2) is 0 Å². The summed E-state index contributed by atoms with van der Waals surface area (Å²) < 4.78 is 7.61. The van der Waals surface area contributed by atoms with Crippen molar-refractivity contribution in [2.24, 2.45) is 0 Å².